The third kappa shape index (κ3) is 4.40. The van der Waals surface area contributed by atoms with Gasteiger partial charge >= 0.3 is 0 Å². The van der Waals surface area contributed by atoms with Crippen molar-refractivity contribution in [3.8, 4) is 5.75 Å². The molecule has 3 heterocycles. The largest absolute Gasteiger partial charge is 0.484 e. The molecule has 2 aromatic carbocycles. The minimum Gasteiger partial charge on any atom is -0.484 e. The van der Waals surface area contributed by atoms with Crippen LogP contribution in [0.3, 0.4) is 0 Å². The van der Waals surface area contributed by atoms with E-state index in [1.54, 1.807) is 29.2 Å². The van der Waals surface area contributed by atoms with Crippen molar-refractivity contribution in [2.75, 3.05) is 43.5 Å². The number of hydrogen-bond donors (Lipinski definition) is 2. The van der Waals surface area contributed by atoms with Crippen molar-refractivity contribution in [2.24, 2.45) is 0 Å². The number of carbonyl (C=O) groups excluding carboxylic acids is 3. The predicted molar refractivity (Wildman–Crippen MR) is 120 cm³/mol. The van der Waals surface area contributed by atoms with Crippen molar-refractivity contribution in [1.82, 2.24) is 4.90 Å². The number of amides is 3. The quantitative estimate of drug-likeness (QED) is 0.620. The van der Waals surface area contributed by atoms with Crippen LogP contribution in [0.4, 0.5) is 11.4 Å². The molecule has 170 valence electrons. The lowest BCUT2D eigenvalue weighted by Crippen LogP contribution is -2.40. The zero-order valence-corrected chi connectivity index (χ0v) is 17.9. The highest BCUT2D eigenvalue weighted by Crippen LogP contribution is 2.32. The van der Waals surface area contributed by atoms with Gasteiger partial charge in [-0.3, -0.25) is 14.4 Å². The zero-order chi connectivity index (χ0) is 22.8. The fourth-order valence-electron chi connectivity index (χ4n) is 4.00. The molecule has 0 saturated carbocycles. The average Bonchev–Trinajstić information content (AvgIpc) is 3.21. The summed E-state index contributed by atoms with van der Waals surface area (Å²) < 4.78 is 16.8. The van der Waals surface area contributed by atoms with Crippen molar-refractivity contribution < 1.29 is 28.3 Å². The summed E-state index contributed by atoms with van der Waals surface area (Å²) in [4.78, 5) is 39.0. The summed E-state index contributed by atoms with van der Waals surface area (Å²) >= 11 is 0. The van der Waals surface area contributed by atoms with Crippen molar-refractivity contribution in [3.05, 3.63) is 53.8 Å². The number of nitrogens with zero attached hydrogens (tertiary/aromatic N) is 1. The van der Waals surface area contributed by atoms with Gasteiger partial charge in [-0.25, -0.2) is 0 Å². The van der Waals surface area contributed by atoms with Crippen LogP contribution in [0.2, 0.25) is 0 Å². The topological polar surface area (TPSA) is 110 Å². The van der Waals surface area contributed by atoms with Gasteiger partial charge in [-0.05, 0) is 42.3 Å². The van der Waals surface area contributed by atoms with Crippen LogP contribution in [0.25, 0.3) is 11.0 Å². The van der Waals surface area contributed by atoms with Gasteiger partial charge in [0, 0.05) is 30.6 Å². The number of carbonyl (C=O) groups is 3. The Bertz CT molecular complexity index is 1230. The van der Waals surface area contributed by atoms with Crippen LogP contribution in [0.15, 0.2) is 46.9 Å². The Morgan fingerprint density at radius 1 is 1.09 bits per heavy atom. The standard InChI is InChI=1S/C24H23N3O6/c28-20-8-5-15-13-16(6-7-18(15)25-20)32-14-21(29)26-22-17-3-1-2-4-19(17)33-23(22)24(30)27-9-11-31-12-10-27/h1-4,6-7,13H,5,8-12,14H2,(H,25,28)(H,26,29). The highest BCUT2D eigenvalue weighted by atomic mass is 16.5. The van der Waals surface area contributed by atoms with E-state index in [4.69, 9.17) is 13.9 Å². The first-order valence-corrected chi connectivity index (χ1v) is 10.8. The molecule has 3 aromatic rings. The van der Waals surface area contributed by atoms with Crippen LogP contribution in [0, 0.1) is 0 Å². The molecule has 0 radical (unpaired) electrons. The molecule has 1 saturated heterocycles. The summed E-state index contributed by atoms with van der Waals surface area (Å²) in [5.41, 5.74) is 2.58. The molecular formula is C24H23N3O6. The minimum atomic E-state index is -0.413. The molecule has 0 atom stereocenters. The molecule has 2 aliphatic rings. The van der Waals surface area contributed by atoms with Gasteiger partial charge in [0.2, 0.25) is 11.7 Å². The summed E-state index contributed by atoms with van der Waals surface area (Å²) in [5, 5.41) is 6.26. The predicted octanol–water partition coefficient (Wildman–Crippen LogP) is 2.81. The zero-order valence-electron chi connectivity index (χ0n) is 17.9. The van der Waals surface area contributed by atoms with E-state index in [0.717, 1.165) is 11.3 Å². The molecule has 3 amide bonds. The molecule has 2 aliphatic heterocycles. The Morgan fingerprint density at radius 3 is 2.76 bits per heavy atom. The van der Waals surface area contributed by atoms with Crippen molar-refractivity contribution >= 4 is 40.1 Å². The van der Waals surface area contributed by atoms with E-state index in [-0.39, 0.29) is 24.2 Å². The first-order valence-electron chi connectivity index (χ1n) is 10.8. The van der Waals surface area contributed by atoms with Gasteiger partial charge in [0.15, 0.2) is 6.61 Å². The number of morpholine rings is 1. The second-order valence-corrected chi connectivity index (χ2v) is 7.91. The maximum absolute atomic E-state index is 13.1. The Balaban J connectivity index is 1.32. The lowest BCUT2D eigenvalue weighted by molar-refractivity contribution is -0.118. The number of para-hydroxylation sites is 1. The summed E-state index contributed by atoms with van der Waals surface area (Å²) in [7, 11) is 0. The second kappa shape index (κ2) is 8.95. The number of hydrogen-bond acceptors (Lipinski definition) is 6. The lowest BCUT2D eigenvalue weighted by Gasteiger charge is -2.26. The van der Waals surface area contributed by atoms with Crippen LogP contribution in [0.1, 0.15) is 22.5 Å². The monoisotopic (exact) mass is 449 g/mol. The number of aryl methyl sites for hydroxylation is 1. The van der Waals surface area contributed by atoms with Gasteiger partial charge in [-0.2, -0.15) is 0 Å². The Hall–Kier alpha value is -3.85. The van der Waals surface area contributed by atoms with Crippen molar-refractivity contribution in [2.45, 2.75) is 12.8 Å². The smallest absolute Gasteiger partial charge is 0.291 e. The first-order chi connectivity index (χ1) is 16.1. The van der Waals surface area contributed by atoms with Crippen LogP contribution >= 0.6 is 0 Å². The summed E-state index contributed by atoms with van der Waals surface area (Å²) in [6.07, 6.45) is 1.04. The molecule has 2 N–H and O–H groups in total. The van der Waals surface area contributed by atoms with E-state index in [0.29, 0.717) is 61.6 Å². The maximum atomic E-state index is 13.1. The third-order valence-electron chi connectivity index (χ3n) is 5.69. The van der Waals surface area contributed by atoms with E-state index in [9.17, 15) is 14.4 Å². The fourth-order valence-corrected chi connectivity index (χ4v) is 4.00. The number of ether oxygens (including phenoxy) is 2. The summed E-state index contributed by atoms with van der Waals surface area (Å²) in [5.74, 6) is -0.0888. The Kier molecular flexibility index (Phi) is 5.70. The molecule has 0 aliphatic carbocycles. The van der Waals surface area contributed by atoms with Gasteiger partial charge in [0.25, 0.3) is 11.8 Å². The van der Waals surface area contributed by atoms with E-state index in [1.807, 2.05) is 18.2 Å². The molecule has 9 heteroatoms. The summed E-state index contributed by atoms with van der Waals surface area (Å²) in [6.45, 7) is 1.62. The molecule has 0 spiro atoms. The average molecular weight is 449 g/mol. The van der Waals surface area contributed by atoms with Crippen LogP contribution in [-0.4, -0.2) is 55.5 Å². The van der Waals surface area contributed by atoms with Crippen LogP contribution in [0.5, 0.6) is 5.75 Å². The number of nitrogens with one attached hydrogen (secondary N) is 2. The van der Waals surface area contributed by atoms with E-state index >= 15 is 0 Å². The second-order valence-electron chi connectivity index (χ2n) is 7.91. The van der Waals surface area contributed by atoms with E-state index in [1.165, 1.54) is 0 Å². The molecule has 9 nitrogen and oxygen atoms in total. The van der Waals surface area contributed by atoms with E-state index in [2.05, 4.69) is 10.6 Å². The van der Waals surface area contributed by atoms with Crippen LogP contribution in [-0.2, 0) is 20.7 Å². The third-order valence-corrected chi connectivity index (χ3v) is 5.69. The molecule has 0 bridgehead atoms. The molecule has 33 heavy (non-hydrogen) atoms. The van der Waals surface area contributed by atoms with Gasteiger partial charge in [-0.15, -0.1) is 0 Å². The fraction of sp³-hybridized carbons (Fsp3) is 0.292. The normalized spacial score (nSPS) is 15.6. The Morgan fingerprint density at radius 2 is 1.91 bits per heavy atom. The van der Waals surface area contributed by atoms with Gasteiger partial charge < -0.3 is 29.4 Å². The molecule has 0 unspecified atom stereocenters. The van der Waals surface area contributed by atoms with Crippen molar-refractivity contribution in [1.29, 1.82) is 0 Å². The molecule has 1 aromatic heterocycles. The molecular weight excluding hydrogens is 426 g/mol. The number of anilines is 2. The SMILES string of the molecule is O=C1CCc2cc(OCC(=O)Nc3c(C(=O)N4CCOCC4)oc4ccccc34)ccc2N1. The number of rotatable bonds is 5. The lowest BCUT2D eigenvalue weighted by atomic mass is 10.0. The van der Waals surface area contributed by atoms with Crippen LogP contribution < -0.4 is 15.4 Å². The Labute approximate surface area is 189 Å². The maximum Gasteiger partial charge on any atom is 0.291 e. The minimum absolute atomic E-state index is 0.00897. The van der Waals surface area contributed by atoms with Gasteiger partial charge in [0.05, 0.1) is 13.2 Å². The summed E-state index contributed by atoms with van der Waals surface area (Å²) in [6, 6.07) is 12.5. The highest BCUT2D eigenvalue weighted by Gasteiger charge is 2.27. The van der Waals surface area contributed by atoms with Gasteiger partial charge in [-0.1, -0.05) is 12.1 Å². The molecule has 1 fully saturated rings. The first kappa shape index (κ1) is 21.0. The number of benzene rings is 2. The molecule has 5 rings (SSSR count). The van der Waals surface area contributed by atoms with E-state index < -0.39 is 5.91 Å². The number of furan rings is 1. The number of fused-ring (bicyclic) bond motifs is 2. The van der Waals surface area contributed by atoms with Gasteiger partial charge in [0.1, 0.15) is 17.0 Å². The highest BCUT2D eigenvalue weighted by molar-refractivity contribution is 6.11. The van der Waals surface area contributed by atoms with Crippen molar-refractivity contribution in [3.63, 3.8) is 0 Å².